The van der Waals surface area contributed by atoms with Crippen molar-refractivity contribution in [1.82, 2.24) is 15.2 Å². The zero-order valence-corrected chi connectivity index (χ0v) is 12.7. The Balaban J connectivity index is 1.81. The van der Waals surface area contributed by atoms with Gasteiger partial charge in [-0.1, -0.05) is 41.9 Å². The highest BCUT2D eigenvalue weighted by atomic mass is 35.5. The molecule has 3 aromatic rings. The van der Waals surface area contributed by atoms with Gasteiger partial charge in [0.25, 0.3) is 0 Å². The molecule has 0 atom stereocenters. The van der Waals surface area contributed by atoms with E-state index in [2.05, 4.69) is 25.8 Å². The number of nitrogens with zero attached hydrogens (tertiary/aromatic N) is 3. The molecule has 0 saturated carbocycles. The van der Waals surface area contributed by atoms with Crippen molar-refractivity contribution >= 4 is 34.7 Å². The normalized spacial score (nSPS) is 10.3. The van der Waals surface area contributed by atoms with E-state index in [0.717, 1.165) is 16.9 Å². The predicted octanol–water partition coefficient (Wildman–Crippen LogP) is 4.32. The van der Waals surface area contributed by atoms with E-state index in [9.17, 15) is 0 Å². The first-order chi connectivity index (χ1) is 10.7. The van der Waals surface area contributed by atoms with Gasteiger partial charge in [0.2, 0.25) is 5.95 Å². The Hall–Kier alpha value is -2.66. The molecular formula is C16H14ClN5. The van der Waals surface area contributed by atoms with Gasteiger partial charge < -0.3 is 10.6 Å². The number of halogens is 1. The van der Waals surface area contributed by atoms with Crippen molar-refractivity contribution in [2.24, 2.45) is 0 Å². The molecule has 0 aliphatic rings. The Morgan fingerprint density at radius 2 is 1.64 bits per heavy atom. The molecule has 0 amide bonds. The van der Waals surface area contributed by atoms with Crippen LogP contribution in [0.25, 0.3) is 0 Å². The topological polar surface area (TPSA) is 62.7 Å². The van der Waals surface area contributed by atoms with Crippen molar-refractivity contribution in [2.45, 2.75) is 6.92 Å². The van der Waals surface area contributed by atoms with Gasteiger partial charge in [-0.25, -0.2) is 0 Å². The van der Waals surface area contributed by atoms with Crippen LogP contribution in [-0.4, -0.2) is 15.2 Å². The molecule has 0 saturated heterocycles. The molecule has 0 fully saturated rings. The fourth-order valence-corrected chi connectivity index (χ4v) is 2.13. The summed E-state index contributed by atoms with van der Waals surface area (Å²) in [6, 6.07) is 15.4. The molecule has 22 heavy (non-hydrogen) atoms. The average Bonchev–Trinajstić information content (AvgIpc) is 2.52. The molecule has 2 aromatic carbocycles. The van der Waals surface area contributed by atoms with Crippen LogP contribution in [0.15, 0.2) is 54.7 Å². The smallest absolute Gasteiger partial charge is 0.249 e. The minimum atomic E-state index is 0.381. The summed E-state index contributed by atoms with van der Waals surface area (Å²) in [6.07, 6.45) is 1.57. The monoisotopic (exact) mass is 311 g/mol. The lowest BCUT2D eigenvalue weighted by atomic mass is 10.2. The van der Waals surface area contributed by atoms with Crippen molar-refractivity contribution in [1.29, 1.82) is 0 Å². The summed E-state index contributed by atoms with van der Waals surface area (Å²) in [5.41, 5.74) is 2.84. The molecule has 1 aromatic heterocycles. The summed E-state index contributed by atoms with van der Waals surface area (Å²) >= 11 is 6.11. The van der Waals surface area contributed by atoms with Crippen LogP contribution < -0.4 is 10.6 Å². The second kappa shape index (κ2) is 6.41. The van der Waals surface area contributed by atoms with Crippen molar-refractivity contribution in [3.05, 3.63) is 65.3 Å². The number of rotatable bonds is 4. The van der Waals surface area contributed by atoms with Crippen LogP contribution in [0.1, 0.15) is 5.56 Å². The Morgan fingerprint density at radius 1 is 0.909 bits per heavy atom. The first-order valence-corrected chi connectivity index (χ1v) is 7.14. The van der Waals surface area contributed by atoms with Crippen LogP contribution >= 0.6 is 11.6 Å². The standard InChI is InChI=1S/C16H14ClN5/c1-11-6-2-4-8-13(11)19-15-10-18-22-16(21-15)20-14-9-5-3-7-12(14)17/h2-10H,1H3,(H2,19,20,21,22). The SMILES string of the molecule is Cc1ccccc1Nc1cnnc(Nc2ccccc2Cl)n1. The summed E-state index contributed by atoms with van der Waals surface area (Å²) in [6.45, 7) is 2.03. The molecule has 0 radical (unpaired) electrons. The third-order valence-corrected chi connectivity index (χ3v) is 3.42. The molecule has 0 aliphatic carbocycles. The molecular weight excluding hydrogens is 298 g/mol. The minimum Gasteiger partial charge on any atom is -0.339 e. The number of para-hydroxylation sites is 2. The second-order valence-electron chi connectivity index (χ2n) is 4.71. The van der Waals surface area contributed by atoms with Crippen LogP contribution in [0.3, 0.4) is 0 Å². The Kier molecular flexibility index (Phi) is 4.16. The zero-order valence-electron chi connectivity index (χ0n) is 11.9. The van der Waals surface area contributed by atoms with Crippen molar-refractivity contribution in [2.75, 3.05) is 10.6 Å². The minimum absolute atomic E-state index is 0.381. The Morgan fingerprint density at radius 3 is 2.41 bits per heavy atom. The van der Waals surface area contributed by atoms with E-state index in [1.165, 1.54) is 0 Å². The summed E-state index contributed by atoms with van der Waals surface area (Å²) < 4.78 is 0. The zero-order chi connectivity index (χ0) is 15.4. The van der Waals surface area contributed by atoms with Crippen LogP contribution in [0.4, 0.5) is 23.1 Å². The second-order valence-corrected chi connectivity index (χ2v) is 5.12. The number of aromatic nitrogens is 3. The maximum absolute atomic E-state index is 6.11. The van der Waals surface area contributed by atoms with E-state index in [4.69, 9.17) is 11.6 Å². The lowest BCUT2D eigenvalue weighted by Gasteiger charge is -2.10. The summed E-state index contributed by atoms with van der Waals surface area (Å²) in [5.74, 6) is 0.991. The molecule has 0 spiro atoms. The van der Waals surface area contributed by atoms with Crippen molar-refractivity contribution in [3.8, 4) is 0 Å². The van der Waals surface area contributed by atoms with E-state index >= 15 is 0 Å². The Labute approximate surface area is 133 Å². The number of hydrogen-bond donors (Lipinski definition) is 2. The van der Waals surface area contributed by atoms with E-state index in [1.807, 2.05) is 49.4 Å². The highest BCUT2D eigenvalue weighted by Crippen LogP contribution is 2.24. The number of benzene rings is 2. The van der Waals surface area contributed by atoms with Gasteiger partial charge in [0.05, 0.1) is 16.9 Å². The van der Waals surface area contributed by atoms with Crippen molar-refractivity contribution < 1.29 is 0 Å². The summed E-state index contributed by atoms with van der Waals surface area (Å²) in [7, 11) is 0. The number of aryl methyl sites for hydroxylation is 1. The van der Waals surface area contributed by atoms with Gasteiger partial charge in [0, 0.05) is 5.69 Å². The molecule has 3 rings (SSSR count). The van der Waals surface area contributed by atoms with Gasteiger partial charge >= 0.3 is 0 Å². The number of nitrogens with one attached hydrogen (secondary N) is 2. The maximum Gasteiger partial charge on any atom is 0.249 e. The lowest BCUT2D eigenvalue weighted by Crippen LogP contribution is -2.03. The van der Waals surface area contributed by atoms with Crippen LogP contribution in [0.5, 0.6) is 0 Å². The highest BCUT2D eigenvalue weighted by molar-refractivity contribution is 6.33. The highest BCUT2D eigenvalue weighted by Gasteiger charge is 2.05. The molecule has 0 unspecified atom stereocenters. The fourth-order valence-electron chi connectivity index (χ4n) is 1.95. The fraction of sp³-hybridized carbons (Fsp3) is 0.0625. The Bertz CT molecular complexity index is 728. The number of hydrogen-bond acceptors (Lipinski definition) is 5. The third kappa shape index (κ3) is 3.32. The van der Waals surface area contributed by atoms with E-state index in [-0.39, 0.29) is 0 Å². The van der Waals surface area contributed by atoms with E-state index in [0.29, 0.717) is 16.8 Å². The number of anilines is 4. The van der Waals surface area contributed by atoms with Gasteiger partial charge in [-0.2, -0.15) is 10.1 Å². The van der Waals surface area contributed by atoms with Crippen LogP contribution in [0.2, 0.25) is 5.02 Å². The van der Waals surface area contributed by atoms with Gasteiger partial charge in [0.15, 0.2) is 5.82 Å². The molecule has 2 N–H and O–H groups in total. The molecule has 0 bridgehead atoms. The molecule has 1 heterocycles. The molecule has 6 heteroatoms. The lowest BCUT2D eigenvalue weighted by molar-refractivity contribution is 0.982. The van der Waals surface area contributed by atoms with Gasteiger partial charge in [0.1, 0.15) is 0 Å². The van der Waals surface area contributed by atoms with Crippen molar-refractivity contribution in [3.63, 3.8) is 0 Å². The summed E-state index contributed by atoms with van der Waals surface area (Å²) in [5, 5.41) is 14.8. The van der Waals surface area contributed by atoms with Gasteiger partial charge in [-0.05, 0) is 30.7 Å². The largest absolute Gasteiger partial charge is 0.339 e. The van der Waals surface area contributed by atoms with Gasteiger partial charge in [-0.15, -0.1) is 5.10 Å². The van der Waals surface area contributed by atoms with Crippen LogP contribution in [0, 0.1) is 6.92 Å². The predicted molar refractivity (Wildman–Crippen MR) is 89.0 cm³/mol. The molecule has 5 nitrogen and oxygen atoms in total. The summed E-state index contributed by atoms with van der Waals surface area (Å²) in [4.78, 5) is 4.39. The van der Waals surface area contributed by atoms with E-state index < -0.39 is 0 Å². The maximum atomic E-state index is 6.11. The van der Waals surface area contributed by atoms with Gasteiger partial charge in [-0.3, -0.25) is 0 Å². The average molecular weight is 312 g/mol. The molecule has 110 valence electrons. The first-order valence-electron chi connectivity index (χ1n) is 6.76. The first kappa shape index (κ1) is 14.3. The third-order valence-electron chi connectivity index (χ3n) is 3.09. The van der Waals surface area contributed by atoms with E-state index in [1.54, 1.807) is 12.3 Å². The quantitative estimate of drug-likeness (QED) is 0.751. The molecule has 0 aliphatic heterocycles. The van der Waals surface area contributed by atoms with Crippen LogP contribution in [-0.2, 0) is 0 Å².